The summed E-state index contributed by atoms with van der Waals surface area (Å²) in [7, 11) is 0. The minimum absolute atomic E-state index is 0.959. The van der Waals surface area contributed by atoms with E-state index in [9.17, 15) is 0 Å². The van der Waals surface area contributed by atoms with E-state index in [1.807, 2.05) is 0 Å². The maximum atomic E-state index is 4.33. The van der Waals surface area contributed by atoms with Gasteiger partial charge in [0.25, 0.3) is 0 Å². The molecule has 26 heavy (non-hydrogen) atoms. The molecule has 0 aromatic heterocycles. The van der Waals surface area contributed by atoms with Gasteiger partial charge in [-0.2, -0.15) is 0 Å². The Kier molecular flexibility index (Phi) is 5.61. The van der Waals surface area contributed by atoms with E-state index in [-0.39, 0.29) is 0 Å². The van der Waals surface area contributed by atoms with Gasteiger partial charge in [0, 0.05) is 0 Å². The Morgan fingerprint density at radius 1 is 1.12 bits per heavy atom. The van der Waals surface area contributed by atoms with Crippen molar-refractivity contribution in [2.75, 3.05) is 0 Å². The molecule has 0 unspecified atom stereocenters. The summed E-state index contributed by atoms with van der Waals surface area (Å²) in [5.74, 6) is 0. The maximum Gasteiger partial charge on any atom is -0.00197 e. The van der Waals surface area contributed by atoms with E-state index < -0.39 is 0 Å². The van der Waals surface area contributed by atoms with Gasteiger partial charge in [-0.15, -0.1) is 0 Å². The quantitative estimate of drug-likeness (QED) is 0.464. The molecule has 0 N–H and O–H groups in total. The molecule has 0 saturated heterocycles. The summed E-state index contributed by atoms with van der Waals surface area (Å²) in [5, 5.41) is 0. The summed E-state index contributed by atoms with van der Waals surface area (Å²) in [6.45, 7) is 17.0. The van der Waals surface area contributed by atoms with E-state index in [1.54, 1.807) is 0 Å². The first kappa shape index (κ1) is 18.5. The van der Waals surface area contributed by atoms with Gasteiger partial charge in [-0.3, -0.25) is 0 Å². The van der Waals surface area contributed by atoms with Gasteiger partial charge in [-0.05, 0) is 89.7 Å². The summed E-state index contributed by atoms with van der Waals surface area (Å²) >= 11 is 0. The molecule has 0 nitrogen and oxygen atoms in total. The van der Waals surface area contributed by atoms with Crippen molar-refractivity contribution in [3.8, 4) is 0 Å². The Morgan fingerprint density at radius 2 is 1.92 bits per heavy atom. The molecule has 0 spiro atoms. The number of rotatable bonds is 6. The largest absolute Gasteiger partial charge is 0.0992 e. The van der Waals surface area contributed by atoms with Gasteiger partial charge >= 0.3 is 0 Å². The molecule has 2 aliphatic carbocycles. The first-order valence-electron chi connectivity index (χ1n) is 9.72. The molecule has 0 amide bonds. The van der Waals surface area contributed by atoms with Crippen LogP contribution in [0.2, 0.25) is 0 Å². The van der Waals surface area contributed by atoms with Crippen LogP contribution in [-0.2, 0) is 0 Å². The third-order valence-electron chi connectivity index (χ3n) is 5.43. The molecule has 2 aliphatic rings. The zero-order valence-electron chi connectivity index (χ0n) is 16.3. The number of hydrogen-bond acceptors (Lipinski definition) is 0. The molecule has 0 bridgehead atoms. The summed E-state index contributed by atoms with van der Waals surface area (Å²) in [5.41, 5.74) is 11.9. The van der Waals surface area contributed by atoms with E-state index in [0.717, 1.165) is 25.7 Å². The van der Waals surface area contributed by atoms with Crippen LogP contribution in [0.5, 0.6) is 0 Å². The van der Waals surface area contributed by atoms with E-state index in [2.05, 4.69) is 70.0 Å². The van der Waals surface area contributed by atoms with Gasteiger partial charge in [-0.25, -0.2) is 0 Å². The van der Waals surface area contributed by atoms with Crippen molar-refractivity contribution in [2.24, 2.45) is 0 Å². The number of aryl methyl sites for hydroxylation is 1. The summed E-state index contributed by atoms with van der Waals surface area (Å²) < 4.78 is 0. The zero-order chi connectivity index (χ0) is 18.7. The summed E-state index contributed by atoms with van der Waals surface area (Å²) in [4.78, 5) is 0. The molecule has 1 fully saturated rings. The van der Waals surface area contributed by atoms with Crippen molar-refractivity contribution in [2.45, 2.75) is 52.4 Å². The Hall–Kier alpha value is -2.34. The fourth-order valence-corrected chi connectivity index (χ4v) is 3.82. The Morgan fingerprint density at radius 3 is 2.62 bits per heavy atom. The smallest absolute Gasteiger partial charge is 0.00197 e. The fraction of sp³-hybridized carbons (Fsp3) is 0.308. The molecule has 0 atom stereocenters. The second-order valence-electron chi connectivity index (χ2n) is 7.72. The number of hydrogen-bond donors (Lipinski definition) is 0. The molecule has 1 aromatic rings. The lowest BCUT2D eigenvalue weighted by molar-refractivity contribution is 0.824. The lowest BCUT2D eigenvalue weighted by Gasteiger charge is -2.12. The van der Waals surface area contributed by atoms with Crippen LogP contribution in [0.25, 0.3) is 11.1 Å². The highest BCUT2D eigenvalue weighted by molar-refractivity contribution is 5.77. The SMILES string of the molecule is C=C1CC(=C)C(=CC2=CC=C(c3ccc(C)c(C(=C)CCCC)c3)C2)C1. The van der Waals surface area contributed by atoms with Crippen LogP contribution in [0.1, 0.15) is 62.1 Å². The highest BCUT2D eigenvalue weighted by Gasteiger charge is 2.17. The van der Waals surface area contributed by atoms with E-state index in [1.165, 1.54) is 63.0 Å². The van der Waals surface area contributed by atoms with Crippen molar-refractivity contribution in [1.82, 2.24) is 0 Å². The number of allylic oxidation sites excluding steroid dienone is 9. The molecule has 0 heteroatoms. The van der Waals surface area contributed by atoms with Gasteiger partial charge in [0.15, 0.2) is 0 Å². The van der Waals surface area contributed by atoms with Crippen LogP contribution in [0.15, 0.2) is 78.5 Å². The number of benzene rings is 1. The van der Waals surface area contributed by atoms with Crippen LogP contribution in [0, 0.1) is 6.92 Å². The maximum absolute atomic E-state index is 4.33. The Labute approximate surface area is 159 Å². The Balaban J connectivity index is 1.74. The molecule has 1 aromatic carbocycles. The van der Waals surface area contributed by atoms with Crippen LogP contribution in [0.4, 0.5) is 0 Å². The van der Waals surface area contributed by atoms with Gasteiger partial charge in [0.05, 0.1) is 0 Å². The molecule has 0 radical (unpaired) electrons. The predicted octanol–water partition coefficient (Wildman–Crippen LogP) is 7.74. The molecule has 0 heterocycles. The van der Waals surface area contributed by atoms with Crippen molar-refractivity contribution < 1.29 is 0 Å². The molecule has 1 saturated carbocycles. The third kappa shape index (κ3) is 4.07. The highest BCUT2D eigenvalue weighted by atomic mass is 14.2. The first-order valence-corrected chi connectivity index (χ1v) is 9.72. The van der Waals surface area contributed by atoms with Crippen LogP contribution < -0.4 is 0 Å². The summed E-state index contributed by atoms with van der Waals surface area (Å²) in [6.07, 6.45) is 13.3. The molecule has 3 rings (SSSR count). The molecular weight excluding hydrogens is 312 g/mol. The van der Waals surface area contributed by atoms with E-state index in [4.69, 9.17) is 0 Å². The number of unbranched alkanes of at least 4 members (excludes halogenated alkanes) is 1. The second kappa shape index (κ2) is 7.91. The first-order chi connectivity index (χ1) is 12.5. The average molecular weight is 343 g/mol. The lowest BCUT2D eigenvalue weighted by atomic mass is 9.92. The van der Waals surface area contributed by atoms with E-state index in [0.29, 0.717) is 0 Å². The molecule has 134 valence electrons. The van der Waals surface area contributed by atoms with Gasteiger partial charge < -0.3 is 0 Å². The van der Waals surface area contributed by atoms with Crippen molar-refractivity contribution in [1.29, 1.82) is 0 Å². The van der Waals surface area contributed by atoms with Gasteiger partial charge in [0.2, 0.25) is 0 Å². The average Bonchev–Trinajstić information content (AvgIpc) is 3.20. The molecule has 0 aliphatic heterocycles. The normalized spacial score (nSPS) is 18.5. The molecular formula is C26H30. The van der Waals surface area contributed by atoms with Crippen LogP contribution in [-0.4, -0.2) is 0 Å². The zero-order valence-corrected chi connectivity index (χ0v) is 16.3. The monoisotopic (exact) mass is 342 g/mol. The van der Waals surface area contributed by atoms with Crippen LogP contribution >= 0.6 is 0 Å². The fourth-order valence-electron chi connectivity index (χ4n) is 3.82. The van der Waals surface area contributed by atoms with Crippen molar-refractivity contribution >= 4 is 11.1 Å². The van der Waals surface area contributed by atoms with Crippen LogP contribution in [0.3, 0.4) is 0 Å². The summed E-state index contributed by atoms with van der Waals surface area (Å²) in [6, 6.07) is 6.82. The van der Waals surface area contributed by atoms with E-state index >= 15 is 0 Å². The Bertz CT molecular complexity index is 852. The minimum atomic E-state index is 0.959. The minimum Gasteiger partial charge on any atom is -0.0992 e. The standard InChI is InChI=1S/C26H30/c1-6-7-8-19(3)26-17-24(11-9-20(26)4)23-12-10-22(15-23)16-25-14-18(2)13-21(25)5/h9-12,16-17H,2-3,5-8,13-15H2,1,4H3. The lowest BCUT2D eigenvalue weighted by Crippen LogP contribution is -1.92. The second-order valence-corrected chi connectivity index (χ2v) is 7.72. The predicted molar refractivity (Wildman–Crippen MR) is 116 cm³/mol. The van der Waals surface area contributed by atoms with Gasteiger partial charge in [-0.1, -0.05) is 69.0 Å². The van der Waals surface area contributed by atoms with Crippen molar-refractivity contribution in [3.05, 3.63) is 95.1 Å². The van der Waals surface area contributed by atoms with Crippen molar-refractivity contribution in [3.63, 3.8) is 0 Å². The van der Waals surface area contributed by atoms with Gasteiger partial charge in [0.1, 0.15) is 0 Å². The highest BCUT2D eigenvalue weighted by Crippen LogP contribution is 2.37. The third-order valence-corrected chi connectivity index (χ3v) is 5.43. The topological polar surface area (TPSA) is 0 Å².